The van der Waals surface area contributed by atoms with Crippen molar-refractivity contribution < 1.29 is 9.53 Å². The number of hydrogen-bond donors (Lipinski definition) is 1. The Labute approximate surface area is 91.0 Å². The molecule has 0 aromatic rings. The van der Waals surface area contributed by atoms with Gasteiger partial charge in [0.15, 0.2) is 0 Å². The Morgan fingerprint density at radius 1 is 1.47 bits per heavy atom. The van der Waals surface area contributed by atoms with Crippen molar-refractivity contribution in [1.82, 2.24) is 10.2 Å². The summed E-state index contributed by atoms with van der Waals surface area (Å²) in [6.07, 6.45) is 1.13. The molecule has 1 amide bonds. The van der Waals surface area contributed by atoms with Crippen molar-refractivity contribution in [1.29, 1.82) is 0 Å². The lowest BCUT2D eigenvalue weighted by Crippen LogP contribution is -2.53. The van der Waals surface area contributed by atoms with Crippen LogP contribution in [0.1, 0.15) is 20.3 Å². The zero-order chi connectivity index (χ0) is 10.8. The van der Waals surface area contributed by atoms with Gasteiger partial charge in [-0.05, 0) is 19.3 Å². The van der Waals surface area contributed by atoms with E-state index in [1.165, 1.54) is 0 Å². The van der Waals surface area contributed by atoms with Gasteiger partial charge in [-0.15, -0.1) is 0 Å². The second-order valence-electron chi connectivity index (χ2n) is 4.62. The molecule has 0 aromatic heterocycles. The van der Waals surface area contributed by atoms with Gasteiger partial charge in [-0.25, -0.2) is 0 Å². The number of ether oxygens (including phenoxy) is 1. The summed E-state index contributed by atoms with van der Waals surface area (Å²) >= 11 is 0. The maximum atomic E-state index is 12.1. The predicted octanol–water partition coefficient (Wildman–Crippen LogP) is 0.232. The fourth-order valence-electron chi connectivity index (χ4n) is 2.33. The lowest BCUT2D eigenvalue weighted by molar-refractivity contribution is -0.137. The van der Waals surface area contributed by atoms with Crippen LogP contribution >= 0.6 is 0 Å². The van der Waals surface area contributed by atoms with E-state index in [2.05, 4.69) is 19.2 Å². The molecule has 2 aliphatic rings. The second kappa shape index (κ2) is 4.49. The Bertz CT molecular complexity index is 239. The Kier molecular flexibility index (Phi) is 3.26. The minimum Gasteiger partial charge on any atom is -0.378 e. The monoisotopic (exact) mass is 212 g/mol. The summed E-state index contributed by atoms with van der Waals surface area (Å²) in [4.78, 5) is 14.1. The molecule has 0 aromatic carbocycles. The molecule has 0 radical (unpaired) electrons. The first-order valence-electron chi connectivity index (χ1n) is 5.81. The van der Waals surface area contributed by atoms with Crippen LogP contribution in [-0.2, 0) is 9.53 Å². The van der Waals surface area contributed by atoms with E-state index in [1.807, 2.05) is 4.90 Å². The van der Waals surface area contributed by atoms with Crippen LogP contribution < -0.4 is 5.32 Å². The Morgan fingerprint density at radius 3 is 2.80 bits per heavy atom. The molecular formula is C11H20N2O2. The molecule has 2 fully saturated rings. The van der Waals surface area contributed by atoms with Crippen LogP contribution in [-0.4, -0.2) is 49.2 Å². The lowest BCUT2D eigenvalue weighted by atomic mass is 10.1. The third-order valence-corrected chi connectivity index (χ3v) is 3.64. The Balaban J connectivity index is 1.95. The topological polar surface area (TPSA) is 41.6 Å². The van der Waals surface area contributed by atoms with Gasteiger partial charge in [-0.3, -0.25) is 4.79 Å². The highest BCUT2D eigenvalue weighted by molar-refractivity contribution is 5.82. The first-order chi connectivity index (χ1) is 7.20. The van der Waals surface area contributed by atoms with Crippen molar-refractivity contribution in [3.8, 4) is 0 Å². The van der Waals surface area contributed by atoms with E-state index >= 15 is 0 Å². The normalized spacial score (nSPS) is 36.9. The SMILES string of the molecule is CC1CCN(C(=O)C2COCCN2)C1C. The van der Waals surface area contributed by atoms with Gasteiger partial charge in [0, 0.05) is 19.1 Å². The van der Waals surface area contributed by atoms with Crippen LogP contribution in [0.2, 0.25) is 0 Å². The molecule has 2 rings (SSSR count). The summed E-state index contributed by atoms with van der Waals surface area (Å²) < 4.78 is 5.31. The highest BCUT2D eigenvalue weighted by Gasteiger charge is 2.35. The molecule has 86 valence electrons. The van der Waals surface area contributed by atoms with Crippen LogP contribution in [0.5, 0.6) is 0 Å². The minimum absolute atomic E-state index is 0.119. The molecule has 0 saturated carbocycles. The van der Waals surface area contributed by atoms with Gasteiger partial charge in [0.1, 0.15) is 6.04 Å². The van der Waals surface area contributed by atoms with Crippen LogP contribution in [0, 0.1) is 5.92 Å². The molecule has 4 nitrogen and oxygen atoms in total. The van der Waals surface area contributed by atoms with Crippen molar-refractivity contribution in [2.75, 3.05) is 26.3 Å². The number of likely N-dealkylation sites (tertiary alicyclic amines) is 1. The number of rotatable bonds is 1. The van der Waals surface area contributed by atoms with E-state index in [9.17, 15) is 4.79 Å². The molecular weight excluding hydrogens is 192 g/mol. The molecule has 2 heterocycles. The zero-order valence-corrected chi connectivity index (χ0v) is 9.53. The number of carbonyl (C=O) groups excluding carboxylic acids is 1. The standard InChI is InChI=1S/C11H20N2O2/c1-8-3-5-13(9(8)2)11(14)10-7-15-6-4-12-10/h8-10,12H,3-7H2,1-2H3. The van der Waals surface area contributed by atoms with E-state index in [0.29, 0.717) is 18.6 Å². The van der Waals surface area contributed by atoms with Crippen molar-refractivity contribution in [3.63, 3.8) is 0 Å². The maximum Gasteiger partial charge on any atom is 0.242 e. The first-order valence-corrected chi connectivity index (χ1v) is 5.81. The summed E-state index contributed by atoms with van der Waals surface area (Å²) in [6.45, 7) is 7.28. The molecule has 15 heavy (non-hydrogen) atoms. The van der Waals surface area contributed by atoms with E-state index in [1.54, 1.807) is 0 Å². The molecule has 3 atom stereocenters. The van der Waals surface area contributed by atoms with Crippen molar-refractivity contribution in [2.45, 2.75) is 32.4 Å². The zero-order valence-electron chi connectivity index (χ0n) is 9.53. The van der Waals surface area contributed by atoms with Crippen molar-refractivity contribution >= 4 is 5.91 Å². The number of nitrogens with zero attached hydrogens (tertiary/aromatic N) is 1. The summed E-state index contributed by atoms with van der Waals surface area (Å²) in [5.41, 5.74) is 0. The van der Waals surface area contributed by atoms with E-state index < -0.39 is 0 Å². The fourth-order valence-corrected chi connectivity index (χ4v) is 2.33. The van der Waals surface area contributed by atoms with Gasteiger partial charge in [-0.1, -0.05) is 6.92 Å². The third kappa shape index (κ3) is 2.16. The van der Waals surface area contributed by atoms with Gasteiger partial charge < -0.3 is 15.0 Å². The summed E-state index contributed by atoms with van der Waals surface area (Å²) in [6, 6.07) is 0.257. The highest BCUT2D eigenvalue weighted by Crippen LogP contribution is 2.24. The smallest absolute Gasteiger partial charge is 0.242 e. The average Bonchev–Trinajstić information content (AvgIpc) is 2.60. The van der Waals surface area contributed by atoms with Crippen LogP contribution in [0.25, 0.3) is 0 Å². The van der Waals surface area contributed by atoms with Gasteiger partial charge in [0.2, 0.25) is 5.91 Å². The molecule has 0 spiro atoms. The average molecular weight is 212 g/mol. The van der Waals surface area contributed by atoms with Gasteiger partial charge >= 0.3 is 0 Å². The van der Waals surface area contributed by atoms with Crippen molar-refractivity contribution in [2.24, 2.45) is 5.92 Å². The Morgan fingerprint density at radius 2 is 2.27 bits per heavy atom. The number of morpholine rings is 1. The molecule has 2 saturated heterocycles. The number of nitrogens with one attached hydrogen (secondary N) is 1. The molecule has 3 unspecified atom stereocenters. The minimum atomic E-state index is -0.119. The predicted molar refractivity (Wildman–Crippen MR) is 57.6 cm³/mol. The van der Waals surface area contributed by atoms with Crippen LogP contribution in [0.3, 0.4) is 0 Å². The van der Waals surface area contributed by atoms with Crippen molar-refractivity contribution in [3.05, 3.63) is 0 Å². The van der Waals surface area contributed by atoms with E-state index in [0.717, 1.165) is 26.1 Å². The number of amides is 1. The quantitative estimate of drug-likeness (QED) is 0.676. The largest absolute Gasteiger partial charge is 0.378 e. The van der Waals surface area contributed by atoms with E-state index in [4.69, 9.17) is 4.74 Å². The maximum absolute atomic E-state index is 12.1. The molecule has 1 N–H and O–H groups in total. The lowest BCUT2D eigenvalue weighted by Gasteiger charge is -2.30. The van der Waals surface area contributed by atoms with Crippen LogP contribution in [0.4, 0.5) is 0 Å². The second-order valence-corrected chi connectivity index (χ2v) is 4.62. The van der Waals surface area contributed by atoms with Gasteiger partial charge in [0.05, 0.1) is 13.2 Å². The van der Waals surface area contributed by atoms with Gasteiger partial charge in [0.25, 0.3) is 0 Å². The third-order valence-electron chi connectivity index (χ3n) is 3.64. The molecule has 0 aliphatic carbocycles. The Hall–Kier alpha value is -0.610. The first kappa shape index (κ1) is 10.9. The van der Waals surface area contributed by atoms with Gasteiger partial charge in [-0.2, -0.15) is 0 Å². The summed E-state index contributed by atoms with van der Waals surface area (Å²) in [5.74, 6) is 0.838. The molecule has 4 heteroatoms. The fraction of sp³-hybridized carbons (Fsp3) is 0.909. The number of hydrogen-bond acceptors (Lipinski definition) is 3. The van der Waals surface area contributed by atoms with Crippen LogP contribution in [0.15, 0.2) is 0 Å². The number of carbonyl (C=O) groups is 1. The summed E-state index contributed by atoms with van der Waals surface area (Å²) in [7, 11) is 0. The summed E-state index contributed by atoms with van der Waals surface area (Å²) in [5, 5.41) is 3.21. The van der Waals surface area contributed by atoms with E-state index in [-0.39, 0.29) is 11.9 Å². The highest BCUT2D eigenvalue weighted by atomic mass is 16.5. The molecule has 2 aliphatic heterocycles. The molecule has 0 bridgehead atoms.